The summed E-state index contributed by atoms with van der Waals surface area (Å²) in [4.78, 5) is 48.9. The third-order valence-electron chi connectivity index (χ3n) is 5.91. The van der Waals surface area contributed by atoms with E-state index in [1.54, 1.807) is 11.9 Å². The number of nitrogens with two attached hydrogens (primary N) is 1. The van der Waals surface area contributed by atoms with Gasteiger partial charge in [-0.05, 0) is 37.3 Å². The maximum absolute atomic E-state index is 13.0. The van der Waals surface area contributed by atoms with Crippen molar-refractivity contribution in [2.24, 2.45) is 0 Å². The molecule has 3 N–H and O–H groups in total. The average Bonchev–Trinajstić information content (AvgIpc) is 3.37. The Hall–Kier alpha value is -4.04. The van der Waals surface area contributed by atoms with E-state index in [9.17, 15) is 14.4 Å². The Kier molecular flexibility index (Phi) is 6.70. The second-order valence-corrected chi connectivity index (χ2v) is 8.28. The second kappa shape index (κ2) is 9.84. The second-order valence-electron chi connectivity index (χ2n) is 8.28. The number of pyridine rings is 2. The Morgan fingerprint density at radius 2 is 2.24 bits per heavy atom. The van der Waals surface area contributed by atoms with E-state index in [1.165, 1.54) is 17.2 Å². The highest BCUT2D eigenvalue weighted by Gasteiger charge is 2.29. The highest BCUT2D eigenvalue weighted by molar-refractivity contribution is 6.01. The predicted molar refractivity (Wildman–Crippen MR) is 123 cm³/mol. The van der Waals surface area contributed by atoms with Gasteiger partial charge in [-0.3, -0.25) is 19.8 Å². The van der Waals surface area contributed by atoms with Crippen LogP contribution in [0.2, 0.25) is 0 Å². The fourth-order valence-electron chi connectivity index (χ4n) is 4.15. The molecule has 4 rings (SSSR count). The van der Waals surface area contributed by atoms with Crippen LogP contribution in [0.4, 0.5) is 22.1 Å². The Labute approximate surface area is 196 Å². The number of aldehydes is 1. The smallest absolute Gasteiger partial charge is 0.328 e. The lowest BCUT2D eigenvalue weighted by Gasteiger charge is -2.29. The van der Waals surface area contributed by atoms with Crippen LogP contribution in [0.15, 0.2) is 18.3 Å². The molecule has 1 atom stereocenters. The lowest BCUT2D eigenvalue weighted by atomic mass is 10.0. The van der Waals surface area contributed by atoms with E-state index in [1.807, 2.05) is 12.1 Å². The third kappa shape index (κ3) is 4.67. The van der Waals surface area contributed by atoms with Crippen molar-refractivity contribution in [3.05, 3.63) is 40.7 Å². The first-order valence-electron chi connectivity index (χ1n) is 11.0. The number of nitriles is 1. The topological polar surface area (TPSA) is 155 Å². The third-order valence-corrected chi connectivity index (χ3v) is 5.91. The molecule has 0 saturated carbocycles. The molecule has 1 unspecified atom stereocenters. The fourth-order valence-corrected chi connectivity index (χ4v) is 4.15. The van der Waals surface area contributed by atoms with E-state index < -0.39 is 12.1 Å². The highest BCUT2D eigenvalue weighted by Crippen LogP contribution is 2.29. The number of ether oxygens (including phenoxy) is 1. The van der Waals surface area contributed by atoms with E-state index in [-0.39, 0.29) is 35.2 Å². The first-order chi connectivity index (χ1) is 16.4. The van der Waals surface area contributed by atoms with Crippen molar-refractivity contribution in [2.75, 3.05) is 36.1 Å². The number of nitrogen functional groups attached to an aromatic ring is 1. The number of hydrogen-bond donors (Lipinski definition) is 2. The molecule has 0 bridgehead atoms. The van der Waals surface area contributed by atoms with Gasteiger partial charge in [0.1, 0.15) is 29.5 Å². The van der Waals surface area contributed by atoms with Crippen LogP contribution in [0.3, 0.4) is 0 Å². The van der Waals surface area contributed by atoms with E-state index in [0.29, 0.717) is 50.1 Å². The summed E-state index contributed by atoms with van der Waals surface area (Å²) in [6.07, 6.45) is 4.41. The molecule has 0 radical (unpaired) electrons. The highest BCUT2D eigenvalue weighted by atomic mass is 16.5. The number of nitrogens with one attached hydrogen (secondary N) is 1. The van der Waals surface area contributed by atoms with E-state index in [2.05, 4.69) is 15.3 Å². The van der Waals surface area contributed by atoms with Gasteiger partial charge < -0.3 is 15.4 Å². The minimum Gasteiger partial charge on any atom is -0.398 e. The number of hydrogen-bond acceptors (Lipinski definition) is 8. The summed E-state index contributed by atoms with van der Waals surface area (Å²) in [5, 5.41) is 11.7. The van der Waals surface area contributed by atoms with E-state index in [4.69, 9.17) is 15.7 Å². The van der Waals surface area contributed by atoms with Gasteiger partial charge in [0.25, 0.3) is 5.91 Å². The predicted octanol–water partition coefficient (Wildman–Crippen LogP) is 1.87. The van der Waals surface area contributed by atoms with Crippen molar-refractivity contribution < 1.29 is 19.1 Å². The summed E-state index contributed by atoms with van der Waals surface area (Å²) in [5.74, 6) is 0.474. The lowest BCUT2D eigenvalue weighted by molar-refractivity contribution is -0.140. The molecular weight excluding hydrogens is 438 g/mol. The van der Waals surface area contributed by atoms with Crippen LogP contribution in [-0.2, 0) is 22.5 Å². The van der Waals surface area contributed by atoms with Crippen molar-refractivity contribution in [1.29, 1.82) is 5.26 Å². The van der Waals surface area contributed by atoms with Gasteiger partial charge in [-0.15, -0.1) is 0 Å². The molecule has 0 aromatic carbocycles. The van der Waals surface area contributed by atoms with Crippen molar-refractivity contribution in [3.8, 4) is 6.07 Å². The summed E-state index contributed by atoms with van der Waals surface area (Å²) < 4.78 is 5.47. The average molecular weight is 463 g/mol. The van der Waals surface area contributed by atoms with Gasteiger partial charge in [-0.1, -0.05) is 0 Å². The molecular formula is C23H25N7O4. The molecule has 0 spiro atoms. The molecule has 176 valence electrons. The zero-order valence-corrected chi connectivity index (χ0v) is 18.8. The molecule has 1 fully saturated rings. The first kappa shape index (κ1) is 23.1. The summed E-state index contributed by atoms with van der Waals surface area (Å²) in [5.41, 5.74) is 7.83. The number of urea groups is 1. The van der Waals surface area contributed by atoms with Gasteiger partial charge >= 0.3 is 6.03 Å². The van der Waals surface area contributed by atoms with Gasteiger partial charge in [0.05, 0.1) is 11.3 Å². The number of likely N-dealkylation sites (N-methyl/N-ethyl adjacent to an activating group) is 1. The first-order valence-corrected chi connectivity index (χ1v) is 11.0. The van der Waals surface area contributed by atoms with Crippen molar-refractivity contribution in [3.63, 3.8) is 0 Å². The van der Waals surface area contributed by atoms with Crippen LogP contribution >= 0.6 is 0 Å². The van der Waals surface area contributed by atoms with Gasteiger partial charge in [0.2, 0.25) is 0 Å². The van der Waals surface area contributed by atoms with Crippen LogP contribution < -0.4 is 16.0 Å². The number of fused-ring (bicyclic) bond motifs is 1. The summed E-state index contributed by atoms with van der Waals surface area (Å²) in [7, 11) is 1.67. The Morgan fingerprint density at radius 1 is 1.41 bits per heavy atom. The summed E-state index contributed by atoms with van der Waals surface area (Å²) >= 11 is 0. The summed E-state index contributed by atoms with van der Waals surface area (Å²) in [6.45, 7) is 1.20. The van der Waals surface area contributed by atoms with Crippen LogP contribution in [-0.4, -0.2) is 59.4 Å². The van der Waals surface area contributed by atoms with E-state index in [0.717, 1.165) is 12.0 Å². The molecule has 1 saturated heterocycles. The van der Waals surface area contributed by atoms with Crippen LogP contribution in [0.1, 0.15) is 46.4 Å². The van der Waals surface area contributed by atoms with Gasteiger partial charge in [0, 0.05) is 44.6 Å². The molecule has 0 aliphatic carbocycles. The zero-order valence-electron chi connectivity index (χ0n) is 18.8. The molecule has 2 aliphatic heterocycles. The molecule has 11 heteroatoms. The number of carbonyl (C=O) groups is 3. The molecule has 4 heterocycles. The van der Waals surface area contributed by atoms with E-state index >= 15 is 0 Å². The van der Waals surface area contributed by atoms with Crippen LogP contribution in [0, 0.1) is 11.3 Å². The number of amides is 3. The minimum absolute atomic E-state index is 0.123. The largest absolute Gasteiger partial charge is 0.398 e. The van der Waals surface area contributed by atoms with Crippen molar-refractivity contribution in [1.82, 2.24) is 14.9 Å². The Bertz CT molecular complexity index is 1170. The monoisotopic (exact) mass is 463 g/mol. The van der Waals surface area contributed by atoms with Gasteiger partial charge in [0.15, 0.2) is 6.29 Å². The number of carbonyl (C=O) groups excluding carboxylic acids is 3. The van der Waals surface area contributed by atoms with Crippen LogP contribution in [0.25, 0.3) is 0 Å². The normalized spacial score (nSPS) is 16.9. The zero-order chi connectivity index (χ0) is 24.2. The standard InChI is InChI=1S/C23H25N7O4/c1-29(22(32)19-5-3-7-34-19)12-15-8-14-4-2-6-30(21(14)27-18(15)13-31)23(33)28-20-9-17(25)16(10-24)11-26-20/h8-9,11,13,19H,2-7,12H2,1H3,(H3,25,26,28,33). The number of nitrogens with zero attached hydrogens (tertiary/aromatic N) is 5. The number of rotatable bonds is 5. The number of aryl methyl sites for hydroxylation is 1. The van der Waals surface area contributed by atoms with Crippen molar-refractivity contribution >= 4 is 35.5 Å². The molecule has 2 aliphatic rings. The lowest BCUT2D eigenvalue weighted by Crippen LogP contribution is -2.40. The Morgan fingerprint density at radius 3 is 2.91 bits per heavy atom. The van der Waals surface area contributed by atoms with Crippen LogP contribution in [0.5, 0.6) is 0 Å². The number of aromatic nitrogens is 2. The fraction of sp³-hybridized carbons (Fsp3) is 0.391. The molecule has 2 aromatic rings. The maximum Gasteiger partial charge on any atom is 0.328 e. The number of anilines is 3. The van der Waals surface area contributed by atoms with Gasteiger partial charge in [-0.2, -0.15) is 5.26 Å². The molecule has 2 aromatic heterocycles. The van der Waals surface area contributed by atoms with Crippen molar-refractivity contribution in [2.45, 2.75) is 38.3 Å². The molecule has 34 heavy (non-hydrogen) atoms. The Balaban J connectivity index is 1.54. The minimum atomic E-state index is -0.472. The maximum atomic E-state index is 13.0. The summed E-state index contributed by atoms with van der Waals surface area (Å²) in [6, 6.07) is 4.70. The quantitative estimate of drug-likeness (QED) is 0.637. The molecule has 11 nitrogen and oxygen atoms in total. The van der Waals surface area contributed by atoms with Gasteiger partial charge in [-0.25, -0.2) is 14.8 Å². The molecule has 3 amide bonds. The SMILES string of the molecule is CN(Cc1cc2c(nc1C=O)N(C(=O)Nc1cc(N)c(C#N)cn1)CCC2)C(=O)C1CCCO1.